The van der Waals surface area contributed by atoms with Crippen molar-refractivity contribution in [1.82, 2.24) is 9.78 Å². The number of alkyl halides is 3. The molecule has 0 amide bonds. The lowest BCUT2D eigenvalue weighted by molar-refractivity contribution is -0.137. The normalized spacial score (nSPS) is 14.3. The highest BCUT2D eigenvalue weighted by Crippen LogP contribution is 2.37. The van der Waals surface area contributed by atoms with Gasteiger partial charge in [-0.1, -0.05) is 35.3 Å². The van der Waals surface area contributed by atoms with E-state index in [4.69, 9.17) is 28.3 Å². The Balaban J connectivity index is 1.85. The van der Waals surface area contributed by atoms with Crippen LogP contribution in [-0.2, 0) is 12.6 Å². The van der Waals surface area contributed by atoms with E-state index in [1.807, 2.05) is 0 Å². The molecule has 2 aromatic carbocycles. The Morgan fingerprint density at radius 1 is 1.00 bits per heavy atom. The van der Waals surface area contributed by atoms with E-state index in [1.54, 1.807) is 22.9 Å². The van der Waals surface area contributed by atoms with Crippen LogP contribution in [0, 0.1) is 0 Å². The van der Waals surface area contributed by atoms with Crippen LogP contribution in [0.25, 0.3) is 16.9 Å². The number of rotatable bonds is 2. The van der Waals surface area contributed by atoms with Gasteiger partial charge < -0.3 is 5.32 Å². The Kier molecular flexibility index (Phi) is 5.02. The van der Waals surface area contributed by atoms with Gasteiger partial charge in [-0.25, -0.2) is 4.68 Å². The van der Waals surface area contributed by atoms with Crippen molar-refractivity contribution in [2.45, 2.75) is 25.4 Å². The van der Waals surface area contributed by atoms with Crippen molar-refractivity contribution in [2.75, 3.05) is 11.9 Å². The molecule has 1 N–H and O–H groups in total. The second kappa shape index (κ2) is 7.33. The fourth-order valence-corrected chi connectivity index (χ4v) is 3.87. The summed E-state index contributed by atoms with van der Waals surface area (Å²) in [7, 11) is 0. The fraction of sp³-hybridized carbons (Fsp3) is 0.250. The van der Waals surface area contributed by atoms with Gasteiger partial charge in [0.1, 0.15) is 5.82 Å². The van der Waals surface area contributed by atoms with Crippen molar-refractivity contribution in [3.05, 3.63) is 63.6 Å². The second-order valence-electron chi connectivity index (χ2n) is 6.64. The molecule has 0 radical (unpaired) electrons. The Morgan fingerprint density at radius 2 is 1.75 bits per heavy atom. The predicted octanol–water partition coefficient (Wildman–Crippen LogP) is 6.61. The summed E-state index contributed by atoms with van der Waals surface area (Å²) in [5.41, 5.74) is 2.25. The van der Waals surface area contributed by atoms with Crippen LogP contribution in [-0.4, -0.2) is 16.3 Å². The van der Waals surface area contributed by atoms with E-state index in [2.05, 4.69) is 5.32 Å². The third-order valence-electron chi connectivity index (χ3n) is 4.75. The number of halogens is 5. The molecule has 8 heteroatoms. The maximum Gasteiger partial charge on any atom is 0.416 e. The summed E-state index contributed by atoms with van der Waals surface area (Å²) in [6.07, 6.45) is -1.62. The van der Waals surface area contributed by atoms with E-state index >= 15 is 0 Å². The predicted molar refractivity (Wildman–Crippen MR) is 105 cm³/mol. The van der Waals surface area contributed by atoms with Gasteiger partial charge in [0.05, 0.1) is 22.0 Å². The Labute approximate surface area is 170 Å². The first kappa shape index (κ1) is 19.2. The van der Waals surface area contributed by atoms with Crippen LogP contribution in [0.4, 0.5) is 19.0 Å². The second-order valence-corrected chi connectivity index (χ2v) is 7.49. The maximum absolute atomic E-state index is 12.9. The van der Waals surface area contributed by atoms with Crippen LogP contribution >= 0.6 is 23.2 Å². The minimum Gasteiger partial charge on any atom is -0.370 e. The molecule has 146 valence electrons. The first-order chi connectivity index (χ1) is 13.3. The maximum atomic E-state index is 12.9. The molecule has 0 aliphatic carbocycles. The van der Waals surface area contributed by atoms with Gasteiger partial charge in [0.25, 0.3) is 0 Å². The van der Waals surface area contributed by atoms with Crippen LogP contribution in [0.2, 0.25) is 10.0 Å². The van der Waals surface area contributed by atoms with E-state index in [0.29, 0.717) is 27.0 Å². The van der Waals surface area contributed by atoms with E-state index < -0.39 is 11.7 Å². The third-order valence-corrected chi connectivity index (χ3v) is 5.29. The number of fused-ring (bicyclic) bond motifs is 1. The molecular weight excluding hydrogens is 410 g/mol. The van der Waals surface area contributed by atoms with Gasteiger partial charge >= 0.3 is 6.18 Å². The molecule has 0 saturated heterocycles. The first-order valence-corrected chi connectivity index (χ1v) is 9.59. The van der Waals surface area contributed by atoms with Crippen molar-refractivity contribution >= 4 is 29.0 Å². The van der Waals surface area contributed by atoms with E-state index in [-0.39, 0.29) is 0 Å². The summed E-state index contributed by atoms with van der Waals surface area (Å²) in [6, 6.07) is 10.2. The number of nitrogens with one attached hydrogen (secondary N) is 1. The highest BCUT2D eigenvalue weighted by molar-refractivity contribution is 6.35. The van der Waals surface area contributed by atoms with Gasteiger partial charge in [-0.3, -0.25) is 0 Å². The number of hydrogen-bond acceptors (Lipinski definition) is 2. The van der Waals surface area contributed by atoms with Crippen LogP contribution in [0.5, 0.6) is 0 Å². The lowest BCUT2D eigenvalue weighted by Crippen LogP contribution is -2.07. The quantitative estimate of drug-likeness (QED) is 0.500. The zero-order valence-corrected chi connectivity index (χ0v) is 16.2. The molecular formula is C20H16Cl2F3N3. The lowest BCUT2D eigenvalue weighted by atomic mass is 10.0. The van der Waals surface area contributed by atoms with Crippen LogP contribution in [0.1, 0.15) is 24.0 Å². The molecule has 0 saturated carbocycles. The van der Waals surface area contributed by atoms with E-state index in [0.717, 1.165) is 49.3 Å². The standard InChI is InChI=1S/C20H16Cl2F3N3/c21-14-8-9-17(16(22)11-14)28-19-15(3-1-2-10-26-19)18(27-28)12-4-6-13(7-5-12)20(23,24)25/h4-9,11,26H,1-3,10H2. The lowest BCUT2D eigenvalue weighted by Gasteiger charge is -2.10. The molecule has 1 aromatic heterocycles. The highest BCUT2D eigenvalue weighted by Gasteiger charge is 2.30. The molecule has 0 bridgehead atoms. The van der Waals surface area contributed by atoms with Crippen LogP contribution in [0.15, 0.2) is 42.5 Å². The molecule has 0 atom stereocenters. The van der Waals surface area contributed by atoms with E-state index in [1.165, 1.54) is 12.1 Å². The SMILES string of the molecule is FC(F)(F)c1ccc(-c2nn(-c3ccc(Cl)cc3Cl)c3c2CCCCN3)cc1. The van der Waals surface area contributed by atoms with Crippen LogP contribution in [0.3, 0.4) is 0 Å². The fourth-order valence-electron chi connectivity index (χ4n) is 3.38. The summed E-state index contributed by atoms with van der Waals surface area (Å²) in [4.78, 5) is 0. The third kappa shape index (κ3) is 3.59. The molecule has 0 spiro atoms. The molecule has 2 heterocycles. The van der Waals surface area contributed by atoms with Crippen molar-refractivity contribution < 1.29 is 13.2 Å². The van der Waals surface area contributed by atoms with Gasteiger partial charge in [0, 0.05) is 22.7 Å². The Morgan fingerprint density at radius 3 is 2.43 bits per heavy atom. The minimum atomic E-state index is -4.37. The summed E-state index contributed by atoms with van der Waals surface area (Å²) in [6.45, 7) is 0.788. The zero-order chi connectivity index (χ0) is 19.9. The van der Waals surface area contributed by atoms with Crippen LogP contribution < -0.4 is 5.32 Å². The molecule has 1 aliphatic heterocycles. The molecule has 3 aromatic rings. The van der Waals surface area contributed by atoms with Gasteiger partial charge in [0.2, 0.25) is 0 Å². The summed E-state index contributed by atoms with van der Waals surface area (Å²) < 4.78 is 40.4. The zero-order valence-electron chi connectivity index (χ0n) is 14.7. The van der Waals surface area contributed by atoms with Crippen molar-refractivity contribution in [3.63, 3.8) is 0 Å². The van der Waals surface area contributed by atoms with E-state index in [9.17, 15) is 13.2 Å². The molecule has 4 rings (SSSR count). The molecule has 28 heavy (non-hydrogen) atoms. The molecule has 0 fully saturated rings. The minimum absolute atomic E-state index is 0.447. The first-order valence-electron chi connectivity index (χ1n) is 8.83. The average Bonchev–Trinajstić information content (AvgIpc) is 2.83. The summed E-state index contributed by atoms with van der Waals surface area (Å²) in [5, 5.41) is 9.05. The van der Waals surface area contributed by atoms with Crippen molar-refractivity contribution in [3.8, 4) is 16.9 Å². The van der Waals surface area contributed by atoms with Gasteiger partial charge in [0.15, 0.2) is 0 Å². The number of anilines is 1. The Bertz CT molecular complexity index is 1010. The number of nitrogens with zero attached hydrogens (tertiary/aromatic N) is 2. The number of aromatic nitrogens is 2. The van der Waals surface area contributed by atoms with Crippen molar-refractivity contribution in [2.24, 2.45) is 0 Å². The van der Waals surface area contributed by atoms with Gasteiger partial charge in [-0.15, -0.1) is 0 Å². The molecule has 0 unspecified atom stereocenters. The smallest absolute Gasteiger partial charge is 0.370 e. The highest BCUT2D eigenvalue weighted by atomic mass is 35.5. The topological polar surface area (TPSA) is 29.9 Å². The molecule has 3 nitrogen and oxygen atoms in total. The summed E-state index contributed by atoms with van der Waals surface area (Å²) >= 11 is 12.4. The summed E-state index contributed by atoms with van der Waals surface area (Å²) in [5.74, 6) is 0.816. The largest absolute Gasteiger partial charge is 0.416 e. The van der Waals surface area contributed by atoms with Crippen molar-refractivity contribution in [1.29, 1.82) is 0 Å². The van der Waals surface area contributed by atoms with Gasteiger partial charge in [-0.2, -0.15) is 18.3 Å². The average molecular weight is 426 g/mol. The Hall–Kier alpha value is -2.18. The molecule has 1 aliphatic rings. The number of hydrogen-bond donors (Lipinski definition) is 1. The number of benzene rings is 2. The van der Waals surface area contributed by atoms with Gasteiger partial charge in [-0.05, 0) is 49.6 Å². The monoisotopic (exact) mass is 425 g/mol.